The summed E-state index contributed by atoms with van der Waals surface area (Å²) in [6.45, 7) is 7.46. The predicted octanol–water partition coefficient (Wildman–Crippen LogP) is 1.18. The number of nitrogens with one attached hydrogen (secondary N) is 1. The molecule has 0 aromatic heterocycles. The minimum atomic E-state index is 0.787. The van der Waals surface area contributed by atoms with Gasteiger partial charge in [0.2, 0.25) is 0 Å². The fourth-order valence-corrected chi connectivity index (χ4v) is 3.36. The number of hydrogen-bond donors (Lipinski definition) is 1. The highest BCUT2D eigenvalue weighted by Crippen LogP contribution is 2.18. The molecular formula is C10H20N2S. The molecule has 13 heavy (non-hydrogen) atoms. The zero-order valence-corrected chi connectivity index (χ0v) is 9.28. The average molecular weight is 200 g/mol. The van der Waals surface area contributed by atoms with Crippen molar-refractivity contribution in [3.05, 3.63) is 0 Å². The molecule has 0 bridgehead atoms. The summed E-state index contributed by atoms with van der Waals surface area (Å²) in [6, 6.07) is 0.787. The van der Waals surface area contributed by atoms with E-state index in [1.54, 1.807) is 0 Å². The topological polar surface area (TPSA) is 15.3 Å². The highest BCUT2D eigenvalue weighted by Gasteiger charge is 2.21. The molecule has 2 heterocycles. The molecule has 0 radical (unpaired) electrons. The van der Waals surface area contributed by atoms with Crippen LogP contribution in [0.1, 0.15) is 19.8 Å². The lowest BCUT2D eigenvalue weighted by Gasteiger charge is -2.32. The standard InChI is InChI=1S/C10H20N2S/c1-9-7-12(5-6-13-9)8-10-3-2-4-11-10/h9-11H,2-8H2,1H3/t9?,10-/m1/s1. The molecule has 0 aliphatic carbocycles. The Morgan fingerprint density at radius 3 is 3.15 bits per heavy atom. The molecule has 0 saturated carbocycles. The average Bonchev–Trinajstić information content (AvgIpc) is 2.57. The molecule has 2 aliphatic heterocycles. The van der Waals surface area contributed by atoms with Gasteiger partial charge in [0, 0.05) is 36.7 Å². The molecule has 3 heteroatoms. The molecule has 76 valence electrons. The normalized spacial score (nSPS) is 36.7. The molecule has 2 fully saturated rings. The van der Waals surface area contributed by atoms with E-state index in [9.17, 15) is 0 Å². The summed E-state index contributed by atoms with van der Waals surface area (Å²) in [4.78, 5) is 2.63. The van der Waals surface area contributed by atoms with E-state index in [2.05, 4.69) is 28.9 Å². The van der Waals surface area contributed by atoms with E-state index >= 15 is 0 Å². The highest BCUT2D eigenvalue weighted by atomic mass is 32.2. The Balaban J connectivity index is 1.73. The van der Waals surface area contributed by atoms with Crippen molar-refractivity contribution in [2.45, 2.75) is 31.1 Å². The van der Waals surface area contributed by atoms with Gasteiger partial charge in [-0.05, 0) is 19.4 Å². The van der Waals surface area contributed by atoms with Crippen LogP contribution in [0.25, 0.3) is 0 Å². The highest BCUT2D eigenvalue weighted by molar-refractivity contribution is 7.99. The summed E-state index contributed by atoms with van der Waals surface area (Å²) >= 11 is 2.12. The van der Waals surface area contributed by atoms with Gasteiger partial charge in [-0.25, -0.2) is 0 Å². The summed E-state index contributed by atoms with van der Waals surface area (Å²) in [5, 5.41) is 4.41. The van der Waals surface area contributed by atoms with Gasteiger partial charge in [-0.15, -0.1) is 0 Å². The van der Waals surface area contributed by atoms with Gasteiger partial charge in [-0.2, -0.15) is 11.8 Å². The Morgan fingerprint density at radius 2 is 2.46 bits per heavy atom. The monoisotopic (exact) mass is 200 g/mol. The van der Waals surface area contributed by atoms with Crippen molar-refractivity contribution in [3.63, 3.8) is 0 Å². The lowest BCUT2D eigenvalue weighted by Crippen LogP contribution is -2.43. The van der Waals surface area contributed by atoms with Crippen LogP contribution in [0.4, 0.5) is 0 Å². The van der Waals surface area contributed by atoms with Crippen molar-refractivity contribution in [2.75, 3.05) is 31.9 Å². The van der Waals surface area contributed by atoms with Crippen molar-refractivity contribution >= 4 is 11.8 Å². The zero-order chi connectivity index (χ0) is 9.10. The van der Waals surface area contributed by atoms with Crippen LogP contribution in [0.5, 0.6) is 0 Å². The molecule has 0 amide bonds. The molecule has 0 aromatic carbocycles. The Hall–Kier alpha value is 0.270. The maximum Gasteiger partial charge on any atom is 0.0195 e. The molecule has 2 saturated heterocycles. The van der Waals surface area contributed by atoms with E-state index in [1.165, 1.54) is 44.8 Å². The molecule has 2 aliphatic rings. The van der Waals surface area contributed by atoms with Gasteiger partial charge in [-0.3, -0.25) is 4.90 Å². The molecule has 2 atom stereocenters. The van der Waals surface area contributed by atoms with Crippen LogP contribution in [-0.4, -0.2) is 48.1 Å². The van der Waals surface area contributed by atoms with Crippen molar-refractivity contribution in [3.8, 4) is 0 Å². The molecular weight excluding hydrogens is 180 g/mol. The second-order valence-electron chi connectivity index (χ2n) is 4.23. The summed E-state index contributed by atoms with van der Waals surface area (Å²) in [7, 11) is 0. The second kappa shape index (κ2) is 4.67. The third kappa shape index (κ3) is 2.86. The Morgan fingerprint density at radius 1 is 1.54 bits per heavy atom. The summed E-state index contributed by atoms with van der Waals surface area (Å²) < 4.78 is 0. The smallest absolute Gasteiger partial charge is 0.0195 e. The molecule has 1 unspecified atom stereocenters. The van der Waals surface area contributed by atoms with Gasteiger partial charge in [0.15, 0.2) is 0 Å². The van der Waals surface area contributed by atoms with E-state index < -0.39 is 0 Å². The Bertz CT molecular complexity index is 157. The Kier molecular flexibility index (Phi) is 3.52. The minimum Gasteiger partial charge on any atom is -0.313 e. The van der Waals surface area contributed by atoms with Crippen molar-refractivity contribution < 1.29 is 0 Å². The van der Waals surface area contributed by atoms with Crippen LogP contribution in [0, 0.1) is 0 Å². The van der Waals surface area contributed by atoms with Gasteiger partial charge >= 0.3 is 0 Å². The fraction of sp³-hybridized carbons (Fsp3) is 1.00. The number of hydrogen-bond acceptors (Lipinski definition) is 3. The van der Waals surface area contributed by atoms with Crippen molar-refractivity contribution in [1.29, 1.82) is 0 Å². The van der Waals surface area contributed by atoms with E-state index in [-0.39, 0.29) is 0 Å². The SMILES string of the molecule is CC1CN(C[C@H]2CCCN2)CCS1. The van der Waals surface area contributed by atoms with E-state index in [0.29, 0.717) is 0 Å². The first kappa shape index (κ1) is 9.81. The number of rotatable bonds is 2. The first-order valence-corrected chi connectivity index (χ1v) is 6.47. The molecule has 2 nitrogen and oxygen atoms in total. The first-order valence-electron chi connectivity index (χ1n) is 5.42. The minimum absolute atomic E-state index is 0.787. The van der Waals surface area contributed by atoms with Gasteiger partial charge in [0.1, 0.15) is 0 Å². The van der Waals surface area contributed by atoms with Crippen LogP contribution in [-0.2, 0) is 0 Å². The third-order valence-corrected chi connectivity index (χ3v) is 4.10. The second-order valence-corrected chi connectivity index (χ2v) is 5.78. The number of thioether (sulfide) groups is 1. The quantitative estimate of drug-likeness (QED) is 0.720. The van der Waals surface area contributed by atoms with Crippen LogP contribution in [0.15, 0.2) is 0 Å². The third-order valence-electron chi connectivity index (χ3n) is 2.97. The van der Waals surface area contributed by atoms with Crippen LogP contribution >= 0.6 is 11.8 Å². The van der Waals surface area contributed by atoms with Gasteiger partial charge in [0.25, 0.3) is 0 Å². The lowest BCUT2D eigenvalue weighted by atomic mass is 10.2. The largest absolute Gasteiger partial charge is 0.313 e. The summed E-state index contributed by atoms with van der Waals surface area (Å²) in [5.74, 6) is 1.33. The lowest BCUT2D eigenvalue weighted by molar-refractivity contribution is 0.260. The van der Waals surface area contributed by atoms with Crippen molar-refractivity contribution in [1.82, 2.24) is 10.2 Å². The van der Waals surface area contributed by atoms with E-state index in [0.717, 1.165) is 11.3 Å². The van der Waals surface area contributed by atoms with Crippen LogP contribution in [0.3, 0.4) is 0 Å². The van der Waals surface area contributed by atoms with Crippen LogP contribution in [0.2, 0.25) is 0 Å². The molecule has 0 aromatic rings. The molecule has 1 N–H and O–H groups in total. The van der Waals surface area contributed by atoms with Gasteiger partial charge in [0.05, 0.1) is 0 Å². The number of nitrogens with zero attached hydrogens (tertiary/aromatic N) is 1. The first-order chi connectivity index (χ1) is 6.34. The van der Waals surface area contributed by atoms with E-state index in [4.69, 9.17) is 0 Å². The van der Waals surface area contributed by atoms with Crippen LogP contribution < -0.4 is 5.32 Å². The maximum absolute atomic E-state index is 3.57. The molecule has 2 rings (SSSR count). The van der Waals surface area contributed by atoms with Crippen molar-refractivity contribution in [2.24, 2.45) is 0 Å². The fourth-order valence-electron chi connectivity index (χ4n) is 2.28. The van der Waals surface area contributed by atoms with Gasteiger partial charge < -0.3 is 5.32 Å². The van der Waals surface area contributed by atoms with Gasteiger partial charge in [-0.1, -0.05) is 6.92 Å². The van der Waals surface area contributed by atoms with E-state index in [1.807, 2.05) is 0 Å². The summed E-state index contributed by atoms with van der Waals surface area (Å²) in [6.07, 6.45) is 2.76. The maximum atomic E-state index is 3.57. The predicted molar refractivity (Wildman–Crippen MR) is 59.4 cm³/mol. The molecule has 0 spiro atoms. The Labute approximate surface area is 85.4 Å². The zero-order valence-electron chi connectivity index (χ0n) is 8.46. The summed E-state index contributed by atoms with van der Waals surface area (Å²) in [5.41, 5.74) is 0.